The van der Waals surface area contributed by atoms with Crippen LogP contribution < -0.4 is 9.47 Å². The molecule has 8 heteroatoms. The number of likely N-dealkylation sites (tertiary alicyclic amines) is 1. The molecular weight excluding hydrogens is 344 g/mol. The van der Waals surface area contributed by atoms with Crippen LogP contribution in [0.5, 0.6) is 11.5 Å². The van der Waals surface area contributed by atoms with Crippen LogP contribution >= 0.6 is 11.3 Å². The van der Waals surface area contributed by atoms with E-state index in [-0.39, 0.29) is 19.2 Å². The van der Waals surface area contributed by atoms with E-state index in [1.165, 1.54) is 11.3 Å². The van der Waals surface area contributed by atoms with Crippen molar-refractivity contribution in [1.82, 2.24) is 9.88 Å². The van der Waals surface area contributed by atoms with Gasteiger partial charge in [0.15, 0.2) is 11.5 Å². The third-order valence-corrected chi connectivity index (χ3v) is 5.43. The Morgan fingerprint density at radius 1 is 1.28 bits per heavy atom. The van der Waals surface area contributed by atoms with Gasteiger partial charge in [-0.25, -0.2) is 4.98 Å². The number of carboxylic acids is 1. The van der Waals surface area contributed by atoms with Crippen LogP contribution in [0.15, 0.2) is 24.4 Å². The Morgan fingerprint density at radius 2 is 2.12 bits per heavy atom. The smallest absolute Gasteiger partial charge is 0.308 e. The minimum atomic E-state index is -0.845. The Kier molecular flexibility index (Phi) is 4.04. The summed E-state index contributed by atoms with van der Waals surface area (Å²) in [5.41, 5.74) is 0.857. The molecule has 1 amide bonds. The molecule has 3 heterocycles. The first-order valence-corrected chi connectivity index (χ1v) is 8.81. The Morgan fingerprint density at radius 3 is 2.96 bits per heavy atom. The molecular formula is C17H16N2O5S. The molecule has 130 valence electrons. The molecule has 1 aromatic heterocycles. The van der Waals surface area contributed by atoms with Crippen molar-refractivity contribution in [3.05, 3.63) is 29.3 Å². The molecule has 1 aromatic carbocycles. The molecule has 4 rings (SSSR count). The Bertz CT molecular complexity index is 834. The van der Waals surface area contributed by atoms with E-state index in [4.69, 9.17) is 14.6 Å². The first kappa shape index (κ1) is 15.9. The number of thiazole rings is 1. The maximum atomic E-state index is 12.7. The van der Waals surface area contributed by atoms with E-state index in [0.29, 0.717) is 40.8 Å². The largest absolute Gasteiger partial charge is 0.481 e. The summed E-state index contributed by atoms with van der Waals surface area (Å²) < 4.78 is 10.7. The van der Waals surface area contributed by atoms with Crippen molar-refractivity contribution in [3.8, 4) is 22.1 Å². The first-order chi connectivity index (χ1) is 12.1. The Labute approximate surface area is 147 Å². The van der Waals surface area contributed by atoms with Gasteiger partial charge >= 0.3 is 5.97 Å². The highest BCUT2D eigenvalue weighted by Gasteiger charge is 2.29. The number of fused-ring (bicyclic) bond motifs is 1. The zero-order valence-corrected chi connectivity index (χ0v) is 14.1. The lowest BCUT2D eigenvalue weighted by molar-refractivity contribution is -0.143. The number of rotatable bonds is 3. The van der Waals surface area contributed by atoms with Crippen LogP contribution in [0.25, 0.3) is 10.6 Å². The van der Waals surface area contributed by atoms with Crippen LogP contribution in [0.3, 0.4) is 0 Å². The third kappa shape index (κ3) is 3.05. The minimum Gasteiger partial charge on any atom is -0.481 e. The van der Waals surface area contributed by atoms with Gasteiger partial charge in [-0.15, -0.1) is 11.3 Å². The molecule has 25 heavy (non-hydrogen) atoms. The second-order valence-electron chi connectivity index (χ2n) is 6.03. The fourth-order valence-electron chi connectivity index (χ4n) is 3.06. The van der Waals surface area contributed by atoms with E-state index < -0.39 is 11.9 Å². The van der Waals surface area contributed by atoms with Gasteiger partial charge in [0.1, 0.15) is 9.88 Å². The Balaban J connectivity index is 1.52. The van der Waals surface area contributed by atoms with Crippen LogP contribution in [0.1, 0.15) is 22.5 Å². The number of carboxylic acid groups (broad SMARTS) is 1. The van der Waals surface area contributed by atoms with Crippen LogP contribution in [0, 0.1) is 5.92 Å². The number of benzene rings is 1. The zero-order valence-electron chi connectivity index (χ0n) is 13.3. The van der Waals surface area contributed by atoms with Gasteiger partial charge in [-0.2, -0.15) is 0 Å². The van der Waals surface area contributed by atoms with Crippen molar-refractivity contribution >= 4 is 23.2 Å². The first-order valence-electron chi connectivity index (χ1n) is 8.00. The summed E-state index contributed by atoms with van der Waals surface area (Å²) in [6, 6.07) is 5.54. The van der Waals surface area contributed by atoms with Gasteiger partial charge in [-0.3, -0.25) is 9.59 Å². The average Bonchev–Trinajstić information content (AvgIpc) is 3.29. The summed E-state index contributed by atoms with van der Waals surface area (Å²) in [5.74, 6) is -0.122. The van der Waals surface area contributed by atoms with Crippen molar-refractivity contribution < 1.29 is 24.2 Å². The summed E-state index contributed by atoms with van der Waals surface area (Å²) in [7, 11) is 0. The minimum absolute atomic E-state index is 0.157. The van der Waals surface area contributed by atoms with Crippen molar-refractivity contribution in [2.24, 2.45) is 5.92 Å². The highest BCUT2D eigenvalue weighted by molar-refractivity contribution is 7.16. The maximum absolute atomic E-state index is 12.7. The fraction of sp³-hybridized carbons (Fsp3) is 0.353. The zero-order chi connectivity index (χ0) is 17.4. The second kappa shape index (κ2) is 6.36. The topological polar surface area (TPSA) is 89.0 Å². The molecule has 7 nitrogen and oxygen atoms in total. The van der Waals surface area contributed by atoms with Crippen LogP contribution in [0.4, 0.5) is 0 Å². The predicted molar refractivity (Wildman–Crippen MR) is 89.9 cm³/mol. The van der Waals surface area contributed by atoms with E-state index in [1.807, 2.05) is 18.2 Å². The molecule has 0 saturated carbocycles. The molecule has 1 saturated heterocycles. The Hall–Kier alpha value is -2.61. The van der Waals surface area contributed by atoms with Crippen molar-refractivity contribution in [2.75, 3.05) is 19.9 Å². The summed E-state index contributed by atoms with van der Waals surface area (Å²) in [4.78, 5) is 30.3. The summed E-state index contributed by atoms with van der Waals surface area (Å²) in [5, 5.41) is 9.88. The maximum Gasteiger partial charge on any atom is 0.308 e. The summed E-state index contributed by atoms with van der Waals surface area (Å²) >= 11 is 1.30. The van der Waals surface area contributed by atoms with Gasteiger partial charge in [0.05, 0.1) is 12.1 Å². The van der Waals surface area contributed by atoms with Crippen LogP contribution in [0.2, 0.25) is 0 Å². The van der Waals surface area contributed by atoms with Gasteiger partial charge < -0.3 is 19.5 Å². The fourth-order valence-corrected chi connectivity index (χ4v) is 3.94. The molecule has 2 aromatic rings. The number of nitrogens with zero attached hydrogens (tertiary/aromatic N) is 2. The number of carbonyl (C=O) groups is 2. The lowest BCUT2D eigenvalue weighted by Gasteiger charge is -2.30. The van der Waals surface area contributed by atoms with Crippen LogP contribution in [-0.4, -0.2) is 46.7 Å². The molecule has 0 bridgehead atoms. The van der Waals surface area contributed by atoms with E-state index >= 15 is 0 Å². The van der Waals surface area contributed by atoms with Gasteiger partial charge in [-0.1, -0.05) is 0 Å². The molecule has 1 atom stereocenters. The van der Waals surface area contributed by atoms with Crippen molar-refractivity contribution in [2.45, 2.75) is 12.8 Å². The molecule has 2 aliphatic heterocycles. The lowest BCUT2D eigenvalue weighted by Crippen LogP contribution is -2.42. The monoisotopic (exact) mass is 360 g/mol. The molecule has 1 N–H and O–H groups in total. The predicted octanol–water partition coefficient (Wildman–Crippen LogP) is 2.48. The molecule has 1 fully saturated rings. The standard InChI is InChI=1S/C17H16N2O5S/c20-16(19-5-1-2-11(8-19)17(21)22)14-7-18-15(25-14)10-3-4-12-13(6-10)24-9-23-12/h3-4,6-7,11H,1-2,5,8-9H2,(H,21,22)/t11-/m0/s1. The molecule has 2 aliphatic rings. The number of carbonyl (C=O) groups excluding carboxylic acids is 1. The lowest BCUT2D eigenvalue weighted by atomic mass is 9.98. The summed E-state index contributed by atoms with van der Waals surface area (Å²) in [6.07, 6.45) is 2.87. The van der Waals surface area contributed by atoms with Crippen molar-refractivity contribution in [1.29, 1.82) is 0 Å². The summed E-state index contributed by atoms with van der Waals surface area (Å²) in [6.45, 7) is 1.05. The average molecular weight is 360 g/mol. The van der Waals surface area contributed by atoms with Gasteiger partial charge in [0, 0.05) is 18.7 Å². The molecule has 0 spiro atoms. The second-order valence-corrected chi connectivity index (χ2v) is 7.06. The van der Waals surface area contributed by atoms with E-state index in [2.05, 4.69) is 4.98 Å². The SMILES string of the molecule is O=C(O)[C@H]1CCCN(C(=O)c2cnc(-c3ccc4c(c3)OCO4)s2)C1. The highest BCUT2D eigenvalue weighted by Crippen LogP contribution is 2.37. The number of hydrogen-bond acceptors (Lipinski definition) is 6. The highest BCUT2D eigenvalue weighted by atomic mass is 32.1. The number of piperidine rings is 1. The number of aromatic nitrogens is 1. The van der Waals surface area contributed by atoms with Gasteiger partial charge in [-0.05, 0) is 31.0 Å². The van der Waals surface area contributed by atoms with Gasteiger partial charge in [0.2, 0.25) is 6.79 Å². The number of hydrogen-bond donors (Lipinski definition) is 1. The third-order valence-electron chi connectivity index (χ3n) is 4.39. The molecule has 0 radical (unpaired) electrons. The van der Waals surface area contributed by atoms with Crippen LogP contribution in [-0.2, 0) is 4.79 Å². The number of aliphatic carboxylic acids is 1. The van der Waals surface area contributed by atoms with Crippen molar-refractivity contribution in [3.63, 3.8) is 0 Å². The molecule has 0 unspecified atom stereocenters. The normalized spacial score (nSPS) is 19.0. The van der Waals surface area contributed by atoms with Gasteiger partial charge in [0.25, 0.3) is 5.91 Å². The van der Waals surface area contributed by atoms with E-state index in [9.17, 15) is 9.59 Å². The van der Waals surface area contributed by atoms with E-state index in [0.717, 1.165) is 5.56 Å². The quantitative estimate of drug-likeness (QED) is 0.904. The van der Waals surface area contributed by atoms with E-state index in [1.54, 1.807) is 11.1 Å². The number of ether oxygens (including phenoxy) is 2. The number of amides is 1. The molecule has 0 aliphatic carbocycles.